The average molecular weight is 187 g/mol. The molecule has 2 nitrogen and oxygen atoms in total. The number of hydrogen-bond donors (Lipinski definition) is 0. The van der Waals surface area contributed by atoms with Crippen LogP contribution in [0, 0.1) is 0 Å². The molecule has 72 valence electrons. The maximum atomic E-state index is 10.2. The van der Waals surface area contributed by atoms with E-state index in [9.17, 15) is 4.79 Å². The number of carbonyl (C=O) groups excluding carboxylic acids is 1. The van der Waals surface area contributed by atoms with Crippen molar-refractivity contribution in [3.05, 3.63) is 47.7 Å². The van der Waals surface area contributed by atoms with E-state index in [0.717, 1.165) is 25.8 Å². The summed E-state index contributed by atoms with van der Waals surface area (Å²) in [5.41, 5.74) is 2.80. The van der Waals surface area contributed by atoms with Crippen LogP contribution in [0.15, 0.2) is 36.5 Å². The number of hydrogen-bond acceptors (Lipinski definition) is 2. The number of carbonyl (C=O) groups is 1. The lowest BCUT2D eigenvalue weighted by molar-refractivity contribution is -0.104. The number of benzene rings is 1. The van der Waals surface area contributed by atoms with E-state index < -0.39 is 0 Å². The van der Waals surface area contributed by atoms with E-state index in [1.807, 2.05) is 6.20 Å². The fraction of sp³-hybridized carbons (Fsp3) is 0.250. The zero-order chi connectivity index (χ0) is 9.80. The zero-order valence-electron chi connectivity index (χ0n) is 8.02. The third-order valence-electron chi connectivity index (χ3n) is 2.54. The van der Waals surface area contributed by atoms with E-state index in [1.54, 1.807) is 6.08 Å². The summed E-state index contributed by atoms with van der Waals surface area (Å²) in [5, 5.41) is 0. The van der Waals surface area contributed by atoms with Crippen LogP contribution in [-0.2, 0) is 17.8 Å². The molecule has 0 saturated carbocycles. The predicted octanol–water partition coefficient (Wildman–Crippen LogP) is 1.76. The Balaban J connectivity index is 2.13. The number of nitrogens with zero attached hydrogens (tertiary/aromatic N) is 1. The van der Waals surface area contributed by atoms with Gasteiger partial charge in [-0.25, -0.2) is 0 Å². The Bertz CT molecular complexity index is 357. The Morgan fingerprint density at radius 1 is 1.21 bits per heavy atom. The molecule has 0 bridgehead atoms. The Morgan fingerprint density at radius 3 is 2.79 bits per heavy atom. The molecular formula is C12H13NO. The van der Waals surface area contributed by atoms with Crippen molar-refractivity contribution in [2.24, 2.45) is 0 Å². The smallest absolute Gasteiger partial charge is 0.144 e. The number of rotatable bonds is 2. The molecule has 2 heteroatoms. The first-order valence-electron chi connectivity index (χ1n) is 4.83. The molecule has 0 radical (unpaired) electrons. The van der Waals surface area contributed by atoms with Gasteiger partial charge in [0.15, 0.2) is 0 Å². The van der Waals surface area contributed by atoms with Crippen LogP contribution in [-0.4, -0.2) is 17.7 Å². The summed E-state index contributed by atoms with van der Waals surface area (Å²) in [5.74, 6) is 0. The molecule has 0 aliphatic carbocycles. The van der Waals surface area contributed by atoms with Crippen molar-refractivity contribution >= 4 is 6.29 Å². The Morgan fingerprint density at radius 2 is 2.00 bits per heavy atom. The summed E-state index contributed by atoms with van der Waals surface area (Å²) in [6.45, 7) is 1.92. The molecule has 14 heavy (non-hydrogen) atoms. The molecule has 0 amide bonds. The van der Waals surface area contributed by atoms with Crippen molar-refractivity contribution in [2.75, 3.05) is 6.54 Å². The van der Waals surface area contributed by atoms with Crippen LogP contribution in [0.2, 0.25) is 0 Å². The van der Waals surface area contributed by atoms with Gasteiger partial charge >= 0.3 is 0 Å². The molecule has 0 atom stereocenters. The Labute approximate surface area is 83.8 Å². The quantitative estimate of drug-likeness (QED) is 0.519. The van der Waals surface area contributed by atoms with Gasteiger partial charge in [-0.3, -0.25) is 4.79 Å². The second-order valence-corrected chi connectivity index (χ2v) is 3.47. The van der Waals surface area contributed by atoms with Gasteiger partial charge in [0.25, 0.3) is 0 Å². The first kappa shape index (κ1) is 9.00. The standard InChI is InChI=1S/C12H13NO/c14-9-3-7-13-8-6-11-4-1-2-5-12(11)10-13/h1-5,7,9H,6,8,10H2/b7-3+. The van der Waals surface area contributed by atoms with E-state index in [0.29, 0.717) is 0 Å². The predicted molar refractivity (Wildman–Crippen MR) is 55.8 cm³/mol. The van der Waals surface area contributed by atoms with Crippen LogP contribution < -0.4 is 0 Å². The van der Waals surface area contributed by atoms with Crippen molar-refractivity contribution in [1.29, 1.82) is 0 Å². The molecule has 1 aliphatic heterocycles. The highest BCUT2D eigenvalue weighted by molar-refractivity contribution is 5.64. The minimum absolute atomic E-state index is 0.820. The van der Waals surface area contributed by atoms with Crippen LogP contribution in [0.3, 0.4) is 0 Å². The van der Waals surface area contributed by atoms with Gasteiger partial charge in [0.1, 0.15) is 6.29 Å². The van der Waals surface area contributed by atoms with Gasteiger partial charge in [0, 0.05) is 19.3 Å². The average Bonchev–Trinajstić information content (AvgIpc) is 2.26. The van der Waals surface area contributed by atoms with E-state index in [1.165, 1.54) is 11.1 Å². The van der Waals surface area contributed by atoms with Gasteiger partial charge in [-0.15, -0.1) is 0 Å². The molecule has 0 aromatic heterocycles. The molecule has 0 saturated heterocycles. The van der Waals surface area contributed by atoms with Gasteiger partial charge in [0.2, 0.25) is 0 Å². The van der Waals surface area contributed by atoms with Gasteiger partial charge in [-0.1, -0.05) is 24.3 Å². The maximum absolute atomic E-state index is 10.2. The lowest BCUT2D eigenvalue weighted by Gasteiger charge is -2.27. The van der Waals surface area contributed by atoms with Crippen molar-refractivity contribution < 1.29 is 4.79 Å². The molecule has 1 aromatic carbocycles. The summed E-state index contributed by atoms with van der Waals surface area (Å²) in [4.78, 5) is 12.3. The third kappa shape index (κ3) is 1.84. The summed E-state index contributed by atoms with van der Waals surface area (Å²) in [6.07, 6.45) is 5.30. The molecule has 2 rings (SSSR count). The SMILES string of the molecule is O=C/C=C/N1CCc2ccccc2C1. The van der Waals surface area contributed by atoms with Crippen molar-refractivity contribution in [1.82, 2.24) is 4.90 Å². The normalized spacial score (nSPS) is 15.6. The monoisotopic (exact) mass is 187 g/mol. The third-order valence-corrected chi connectivity index (χ3v) is 2.54. The molecule has 1 aromatic rings. The first-order chi connectivity index (χ1) is 6.90. The topological polar surface area (TPSA) is 20.3 Å². The zero-order valence-corrected chi connectivity index (χ0v) is 8.02. The fourth-order valence-electron chi connectivity index (χ4n) is 1.80. The molecule has 1 aliphatic rings. The van der Waals surface area contributed by atoms with E-state index in [-0.39, 0.29) is 0 Å². The minimum atomic E-state index is 0.820. The minimum Gasteiger partial charge on any atom is -0.373 e. The summed E-state index contributed by atoms with van der Waals surface area (Å²) < 4.78 is 0. The number of allylic oxidation sites excluding steroid dienone is 1. The van der Waals surface area contributed by atoms with Crippen LogP contribution in [0.1, 0.15) is 11.1 Å². The number of fused-ring (bicyclic) bond motifs is 1. The van der Waals surface area contributed by atoms with Crippen molar-refractivity contribution in [3.8, 4) is 0 Å². The van der Waals surface area contributed by atoms with Crippen LogP contribution in [0.4, 0.5) is 0 Å². The second-order valence-electron chi connectivity index (χ2n) is 3.47. The molecule has 0 fully saturated rings. The number of aldehydes is 1. The maximum Gasteiger partial charge on any atom is 0.144 e. The Hall–Kier alpha value is -1.57. The van der Waals surface area contributed by atoms with Gasteiger partial charge in [0.05, 0.1) is 0 Å². The molecule has 0 spiro atoms. The van der Waals surface area contributed by atoms with Crippen molar-refractivity contribution in [3.63, 3.8) is 0 Å². The molecule has 1 heterocycles. The highest BCUT2D eigenvalue weighted by atomic mass is 16.1. The molecule has 0 N–H and O–H groups in total. The lowest BCUT2D eigenvalue weighted by Crippen LogP contribution is -2.25. The van der Waals surface area contributed by atoms with E-state index >= 15 is 0 Å². The van der Waals surface area contributed by atoms with Crippen molar-refractivity contribution in [2.45, 2.75) is 13.0 Å². The molecular weight excluding hydrogens is 174 g/mol. The summed E-state index contributed by atoms with van der Waals surface area (Å²) in [7, 11) is 0. The lowest BCUT2D eigenvalue weighted by atomic mass is 10.0. The highest BCUT2D eigenvalue weighted by Gasteiger charge is 2.11. The van der Waals surface area contributed by atoms with Gasteiger partial charge in [-0.05, 0) is 23.6 Å². The highest BCUT2D eigenvalue weighted by Crippen LogP contribution is 2.18. The van der Waals surface area contributed by atoms with E-state index in [4.69, 9.17) is 0 Å². The largest absolute Gasteiger partial charge is 0.373 e. The first-order valence-corrected chi connectivity index (χ1v) is 4.83. The summed E-state index contributed by atoms with van der Waals surface area (Å²) >= 11 is 0. The Kier molecular flexibility index (Phi) is 2.63. The van der Waals surface area contributed by atoms with Gasteiger partial charge in [-0.2, -0.15) is 0 Å². The van der Waals surface area contributed by atoms with Crippen LogP contribution >= 0.6 is 0 Å². The van der Waals surface area contributed by atoms with Crippen LogP contribution in [0.25, 0.3) is 0 Å². The van der Waals surface area contributed by atoms with Crippen LogP contribution in [0.5, 0.6) is 0 Å². The van der Waals surface area contributed by atoms with E-state index in [2.05, 4.69) is 29.2 Å². The fourth-order valence-corrected chi connectivity index (χ4v) is 1.80. The second kappa shape index (κ2) is 4.09. The molecule has 0 unspecified atom stereocenters. The summed E-state index contributed by atoms with van der Waals surface area (Å²) in [6, 6.07) is 8.47. The van der Waals surface area contributed by atoms with Gasteiger partial charge < -0.3 is 4.90 Å².